The van der Waals surface area contributed by atoms with E-state index >= 15 is 0 Å². The molecule has 0 heterocycles. The molecule has 0 rings (SSSR count). The van der Waals surface area contributed by atoms with Crippen LogP contribution in [0.1, 0.15) is 233 Å². The van der Waals surface area contributed by atoms with E-state index in [1.807, 2.05) is 0 Å². The third kappa shape index (κ3) is 33.7. The SMILES string of the molecule is CCCCC/C=C\CCCCCC(CC(=O)NC(CO)C(O)CCCCCCCCCCCCCC)OC(=O)CCCCCCCCCCC. The summed E-state index contributed by atoms with van der Waals surface area (Å²) < 4.78 is 5.86. The minimum Gasteiger partial charge on any atom is -0.462 e. The first kappa shape index (κ1) is 48.6. The monoisotopic (exact) mass is 708 g/mol. The third-order valence-electron chi connectivity index (χ3n) is 10.1. The van der Waals surface area contributed by atoms with Gasteiger partial charge in [-0.2, -0.15) is 0 Å². The van der Waals surface area contributed by atoms with Crippen LogP contribution in [0.5, 0.6) is 0 Å². The lowest BCUT2D eigenvalue weighted by atomic mass is 10.0. The van der Waals surface area contributed by atoms with Gasteiger partial charge in [0.25, 0.3) is 0 Å². The van der Waals surface area contributed by atoms with Crippen molar-refractivity contribution in [3.8, 4) is 0 Å². The van der Waals surface area contributed by atoms with Gasteiger partial charge >= 0.3 is 5.97 Å². The molecule has 0 aliphatic rings. The highest BCUT2D eigenvalue weighted by Gasteiger charge is 2.24. The molecule has 0 saturated carbocycles. The number of aliphatic hydroxyl groups excluding tert-OH is 2. The van der Waals surface area contributed by atoms with E-state index in [4.69, 9.17) is 4.74 Å². The Morgan fingerprint density at radius 1 is 0.560 bits per heavy atom. The Morgan fingerprint density at radius 2 is 0.960 bits per heavy atom. The van der Waals surface area contributed by atoms with Crippen LogP contribution in [-0.4, -0.2) is 46.9 Å². The van der Waals surface area contributed by atoms with Gasteiger partial charge in [-0.05, 0) is 51.4 Å². The predicted molar refractivity (Wildman–Crippen MR) is 213 cm³/mol. The zero-order chi connectivity index (χ0) is 36.8. The van der Waals surface area contributed by atoms with Crippen molar-refractivity contribution in [2.75, 3.05) is 6.61 Å². The molecule has 0 spiro atoms. The van der Waals surface area contributed by atoms with Gasteiger partial charge in [0, 0.05) is 6.42 Å². The van der Waals surface area contributed by atoms with E-state index in [1.165, 1.54) is 122 Å². The molecule has 3 N–H and O–H groups in total. The second kappa shape index (κ2) is 38.8. The number of hydrogen-bond donors (Lipinski definition) is 3. The Bertz CT molecular complexity index is 757. The first-order valence-corrected chi connectivity index (χ1v) is 21.9. The average Bonchev–Trinajstić information content (AvgIpc) is 3.10. The number of aliphatic hydroxyl groups is 2. The Labute approximate surface area is 310 Å². The second-order valence-electron chi connectivity index (χ2n) is 15.1. The molecule has 3 atom stereocenters. The summed E-state index contributed by atoms with van der Waals surface area (Å²) in [7, 11) is 0. The number of unbranched alkanes of at least 4 members (excludes halogenated alkanes) is 25. The van der Waals surface area contributed by atoms with Crippen molar-refractivity contribution in [1.82, 2.24) is 5.32 Å². The van der Waals surface area contributed by atoms with Crippen LogP contribution in [0, 0.1) is 0 Å². The van der Waals surface area contributed by atoms with Crippen LogP contribution in [0.2, 0.25) is 0 Å². The lowest BCUT2D eigenvalue weighted by molar-refractivity contribution is -0.151. The fourth-order valence-electron chi connectivity index (χ4n) is 6.72. The molecular formula is C44H85NO5. The van der Waals surface area contributed by atoms with Gasteiger partial charge in [0.05, 0.1) is 25.2 Å². The average molecular weight is 708 g/mol. The molecule has 0 saturated heterocycles. The lowest BCUT2D eigenvalue weighted by Crippen LogP contribution is -2.46. The van der Waals surface area contributed by atoms with Crippen LogP contribution in [0.3, 0.4) is 0 Å². The molecule has 0 radical (unpaired) electrons. The topological polar surface area (TPSA) is 95.9 Å². The first-order valence-electron chi connectivity index (χ1n) is 21.9. The van der Waals surface area contributed by atoms with Crippen molar-refractivity contribution < 1.29 is 24.5 Å². The van der Waals surface area contributed by atoms with Crippen molar-refractivity contribution in [2.45, 2.75) is 251 Å². The van der Waals surface area contributed by atoms with Gasteiger partial charge in [-0.1, -0.05) is 181 Å². The summed E-state index contributed by atoms with van der Waals surface area (Å²) in [6.45, 7) is 6.42. The number of hydrogen-bond acceptors (Lipinski definition) is 5. The Morgan fingerprint density at radius 3 is 1.46 bits per heavy atom. The van der Waals surface area contributed by atoms with Crippen LogP contribution in [0.4, 0.5) is 0 Å². The van der Waals surface area contributed by atoms with E-state index in [2.05, 4.69) is 38.2 Å². The largest absolute Gasteiger partial charge is 0.462 e. The number of amides is 1. The molecule has 0 aromatic carbocycles. The standard InChI is InChI=1S/C44H85NO5/c1-4-7-10-13-16-19-21-22-25-27-30-33-36-42(47)41(39-46)45-43(48)38-40(35-32-29-26-24-20-17-14-11-8-5-2)50-44(49)37-34-31-28-23-18-15-12-9-6-3/h17,20,40-42,46-47H,4-16,18-19,21-39H2,1-3H3,(H,45,48)/b20-17-. The minimum absolute atomic E-state index is 0.0721. The smallest absolute Gasteiger partial charge is 0.306 e. The predicted octanol–water partition coefficient (Wildman–Crippen LogP) is 12.2. The molecule has 0 aliphatic carbocycles. The molecule has 0 bridgehead atoms. The number of rotatable bonds is 39. The van der Waals surface area contributed by atoms with E-state index < -0.39 is 18.2 Å². The lowest BCUT2D eigenvalue weighted by Gasteiger charge is -2.24. The summed E-state index contributed by atoms with van der Waals surface area (Å²) in [4.78, 5) is 25.8. The van der Waals surface area contributed by atoms with Crippen molar-refractivity contribution in [3.05, 3.63) is 12.2 Å². The van der Waals surface area contributed by atoms with Gasteiger partial charge in [-0.15, -0.1) is 0 Å². The third-order valence-corrected chi connectivity index (χ3v) is 10.1. The number of nitrogens with one attached hydrogen (secondary N) is 1. The van der Waals surface area contributed by atoms with E-state index in [0.29, 0.717) is 19.3 Å². The minimum atomic E-state index is -0.783. The van der Waals surface area contributed by atoms with Gasteiger partial charge in [0.15, 0.2) is 0 Å². The molecule has 0 aromatic rings. The van der Waals surface area contributed by atoms with Crippen molar-refractivity contribution in [1.29, 1.82) is 0 Å². The van der Waals surface area contributed by atoms with Gasteiger partial charge in [-0.25, -0.2) is 0 Å². The van der Waals surface area contributed by atoms with Gasteiger partial charge in [0.1, 0.15) is 6.10 Å². The fraction of sp³-hybridized carbons (Fsp3) is 0.909. The quantitative estimate of drug-likeness (QED) is 0.0336. The second-order valence-corrected chi connectivity index (χ2v) is 15.1. The molecule has 50 heavy (non-hydrogen) atoms. The van der Waals surface area contributed by atoms with E-state index in [9.17, 15) is 19.8 Å². The zero-order valence-electron chi connectivity index (χ0n) is 33.5. The molecular weight excluding hydrogens is 622 g/mol. The molecule has 0 aromatic heterocycles. The highest BCUT2D eigenvalue weighted by Crippen LogP contribution is 2.17. The number of ether oxygens (including phenoxy) is 1. The van der Waals surface area contributed by atoms with Crippen molar-refractivity contribution in [2.24, 2.45) is 0 Å². The summed E-state index contributed by atoms with van der Waals surface area (Å²) in [5, 5.41) is 23.6. The normalized spacial score (nSPS) is 13.5. The van der Waals surface area contributed by atoms with Crippen molar-refractivity contribution in [3.63, 3.8) is 0 Å². The molecule has 1 amide bonds. The maximum absolute atomic E-state index is 13.1. The Kier molecular flexibility index (Phi) is 37.7. The number of esters is 1. The van der Waals surface area contributed by atoms with Crippen LogP contribution in [0.25, 0.3) is 0 Å². The highest BCUT2D eigenvalue weighted by molar-refractivity contribution is 5.77. The molecule has 296 valence electrons. The molecule has 6 nitrogen and oxygen atoms in total. The summed E-state index contributed by atoms with van der Waals surface area (Å²) in [5.41, 5.74) is 0. The van der Waals surface area contributed by atoms with Gasteiger partial charge < -0.3 is 20.3 Å². The van der Waals surface area contributed by atoms with Crippen LogP contribution in [0.15, 0.2) is 12.2 Å². The van der Waals surface area contributed by atoms with E-state index in [-0.39, 0.29) is 24.9 Å². The number of carbonyl (C=O) groups is 2. The Hall–Kier alpha value is -1.40. The summed E-state index contributed by atoms with van der Waals surface area (Å²) in [6, 6.07) is -0.697. The summed E-state index contributed by atoms with van der Waals surface area (Å²) in [5.74, 6) is -0.486. The van der Waals surface area contributed by atoms with Crippen LogP contribution >= 0.6 is 0 Å². The van der Waals surface area contributed by atoms with Crippen LogP contribution in [-0.2, 0) is 14.3 Å². The summed E-state index contributed by atoms with van der Waals surface area (Å²) in [6.07, 6.45) is 39.9. The number of allylic oxidation sites excluding steroid dienone is 2. The molecule has 6 heteroatoms. The maximum atomic E-state index is 13.1. The van der Waals surface area contributed by atoms with E-state index in [1.54, 1.807) is 0 Å². The summed E-state index contributed by atoms with van der Waals surface area (Å²) >= 11 is 0. The van der Waals surface area contributed by atoms with Crippen LogP contribution < -0.4 is 5.32 Å². The molecule has 3 unspecified atom stereocenters. The zero-order valence-corrected chi connectivity index (χ0v) is 33.5. The maximum Gasteiger partial charge on any atom is 0.306 e. The van der Waals surface area contributed by atoms with Gasteiger partial charge in [-0.3, -0.25) is 9.59 Å². The Balaban J connectivity index is 4.55. The van der Waals surface area contributed by atoms with Crippen molar-refractivity contribution >= 4 is 11.9 Å². The fourth-order valence-corrected chi connectivity index (χ4v) is 6.72. The van der Waals surface area contributed by atoms with Gasteiger partial charge in [0.2, 0.25) is 5.91 Å². The van der Waals surface area contributed by atoms with E-state index in [0.717, 1.165) is 64.2 Å². The highest BCUT2D eigenvalue weighted by atomic mass is 16.5. The number of carbonyl (C=O) groups excluding carboxylic acids is 2. The molecule has 0 fully saturated rings. The first-order chi connectivity index (χ1) is 24.5. The molecule has 0 aliphatic heterocycles.